The van der Waals surface area contributed by atoms with Crippen LogP contribution in [-0.2, 0) is 0 Å². The highest BCUT2D eigenvalue weighted by molar-refractivity contribution is 6.04. The van der Waals surface area contributed by atoms with Crippen molar-refractivity contribution in [3.05, 3.63) is 70.0 Å². The molecule has 0 spiro atoms. The third-order valence-corrected chi connectivity index (χ3v) is 5.50. The number of nitro benzene ring substituents is 1. The molecule has 1 N–H and O–H groups in total. The van der Waals surface area contributed by atoms with Gasteiger partial charge in [0.2, 0.25) is 0 Å². The summed E-state index contributed by atoms with van der Waals surface area (Å²) in [4.78, 5) is 30.5. The number of nitrogens with zero attached hydrogens (tertiary/aromatic N) is 5. The van der Waals surface area contributed by atoms with Gasteiger partial charge in [-0.05, 0) is 49.9 Å². The molecule has 9 nitrogen and oxygen atoms in total. The van der Waals surface area contributed by atoms with Gasteiger partial charge >= 0.3 is 0 Å². The van der Waals surface area contributed by atoms with E-state index in [2.05, 4.69) is 22.3 Å². The van der Waals surface area contributed by atoms with E-state index in [9.17, 15) is 14.9 Å². The lowest BCUT2D eigenvalue weighted by atomic mass is 9.98. The highest BCUT2D eigenvalue weighted by Gasteiger charge is 2.25. The molecule has 1 amide bonds. The highest BCUT2D eigenvalue weighted by Crippen LogP contribution is 2.32. The third-order valence-electron chi connectivity index (χ3n) is 5.50. The number of piperidine rings is 1. The number of amides is 1. The Morgan fingerprint density at radius 3 is 2.65 bits per heavy atom. The van der Waals surface area contributed by atoms with Crippen LogP contribution in [-0.4, -0.2) is 38.7 Å². The van der Waals surface area contributed by atoms with Crippen LogP contribution in [0.1, 0.15) is 35.8 Å². The maximum Gasteiger partial charge on any atom is 0.293 e. The van der Waals surface area contributed by atoms with E-state index in [1.165, 1.54) is 10.7 Å². The minimum Gasteiger partial charge on any atom is -0.366 e. The van der Waals surface area contributed by atoms with Gasteiger partial charge in [0.1, 0.15) is 11.5 Å². The molecule has 3 aromatic rings. The van der Waals surface area contributed by atoms with Crippen molar-refractivity contribution in [3.8, 4) is 5.82 Å². The molecular formula is C22H24N6O3. The van der Waals surface area contributed by atoms with Gasteiger partial charge in [0, 0.05) is 37.0 Å². The predicted octanol–water partition coefficient (Wildman–Crippen LogP) is 3.97. The van der Waals surface area contributed by atoms with Crippen molar-refractivity contribution < 1.29 is 9.72 Å². The molecule has 0 unspecified atom stereocenters. The monoisotopic (exact) mass is 420 g/mol. The van der Waals surface area contributed by atoms with Crippen LogP contribution in [0.3, 0.4) is 0 Å². The zero-order chi connectivity index (χ0) is 22.0. The molecule has 4 rings (SSSR count). The van der Waals surface area contributed by atoms with Crippen molar-refractivity contribution in [1.82, 2.24) is 14.8 Å². The second-order valence-electron chi connectivity index (χ2n) is 7.85. The second-order valence-corrected chi connectivity index (χ2v) is 7.85. The number of aryl methyl sites for hydroxylation is 1. The van der Waals surface area contributed by atoms with Gasteiger partial charge in [-0.1, -0.05) is 13.0 Å². The fourth-order valence-electron chi connectivity index (χ4n) is 3.76. The summed E-state index contributed by atoms with van der Waals surface area (Å²) in [6, 6.07) is 11.8. The van der Waals surface area contributed by atoms with Crippen molar-refractivity contribution in [1.29, 1.82) is 0 Å². The molecule has 3 heterocycles. The van der Waals surface area contributed by atoms with E-state index in [1.54, 1.807) is 36.5 Å². The summed E-state index contributed by atoms with van der Waals surface area (Å²) < 4.78 is 1.53. The fraction of sp³-hybridized carbons (Fsp3) is 0.318. The van der Waals surface area contributed by atoms with Crippen molar-refractivity contribution >= 4 is 23.1 Å². The van der Waals surface area contributed by atoms with E-state index in [0.29, 0.717) is 28.9 Å². The molecule has 0 aliphatic carbocycles. The molecule has 1 aliphatic rings. The maximum absolute atomic E-state index is 12.9. The highest BCUT2D eigenvalue weighted by atomic mass is 16.6. The standard InChI is InChI=1S/C22H24N6O3/c1-15-8-11-26(12-9-15)18-7-6-17(14-19(18)28(30)31)22(29)24-21-13-16(2)25-27(21)20-5-3-4-10-23-20/h3-7,10,13-15H,8-9,11-12H2,1-2H3,(H,24,29). The first-order valence-corrected chi connectivity index (χ1v) is 10.2. The SMILES string of the molecule is Cc1cc(NC(=O)c2ccc(N3CCC(C)CC3)c([N+](=O)[O-])c2)n(-c2ccccn2)n1. The molecule has 160 valence electrons. The van der Waals surface area contributed by atoms with Gasteiger partial charge in [-0.25, -0.2) is 4.98 Å². The fourth-order valence-corrected chi connectivity index (χ4v) is 3.76. The molecule has 1 aromatic carbocycles. The largest absolute Gasteiger partial charge is 0.366 e. The topological polar surface area (TPSA) is 106 Å². The van der Waals surface area contributed by atoms with Crippen molar-refractivity contribution in [3.63, 3.8) is 0 Å². The molecule has 31 heavy (non-hydrogen) atoms. The molecule has 1 aliphatic heterocycles. The third kappa shape index (κ3) is 4.40. The number of benzene rings is 1. The summed E-state index contributed by atoms with van der Waals surface area (Å²) in [6.45, 7) is 5.55. The summed E-state index contributed by atoms with van der Waals surface area (Å²) >= 11 is 0. The smallest absolute Gasteiger partial charge is 0.293 e. The number of rotatable bonds is 5. The van der Waals surface area contributed by atoms with E-state index in [1.807, 2.05) is 17.9 Å². The van der Waals surface area contributed by atoms with Crippen molar-refractivity contribution in [2.75, 3.05) is 23.3 Å². The summed E-state index contributed by atoms with van der Waals surface area (Å²) in [6.07, 6.45) is 3.63. The van der Waals surface area contributed by atoms with Gasteiger partial charge in [0.15, 0.2) is 5.82 Å². The first-order valence-electron chi connectivity index (χ1n) is 10.2. The molecule has 9 heteroatoms. The Bertz CT molecular complexity index is 1100. The van der Waals surface area contributed by atoms with Crippen LogP contribution in [0.25, 0.3) is 5.82 Å². The Labute approximate surface area is 179 Å². The lowest BCUT2D eigenvalue weighted by molar-refractivity contribution is -0.384. The summed E-state index contributed by atoms with van der Waals surface area (Å²) in [5, 5.41) is 18.9. The van der Waals surface area contributed by atoms with Crippen LogP contribution in [0.15, 0.2) is 48.7 Å². The van der Waals surface area contributed by atoms with Crippen LogP contribution in [0, 0.1) is 23.0 Å². The van der Waals surface area contributed by atoms with Crippen LogP contribution in [0.4, 0.5) is 17.2 Å². The summed E-state index contributed by atoms with van der Waals surface area (Å²) in [5.41, 5.74) is 1.42. The average molecular weight is 420 g/mol. The Balaban J connectivity index is 1.60. The van der Waals surface area contributed by atoms with Crippen LogP contribution < -0.4 is 10.2 Å². The van der Waals surface area contributed by atoms with Crippen molar-refractivity contribution in [2.45, 2.75) is 26.7 Å². The van der Waals surface area contributed by atoms with Crippen LogP contribution in [0.2, 0.25) is 0 Å². The number of hydrogen-bond donors (Lipinski definition) is 1. The van der Waals surface area contributed by atoms with Crippen LogP contribution >= 0.6 is 0 Å². The number of pyridine rings is 1. The lowest BCUT2D eigenvalue weighted by Gasteiger charge is -2.31. The molecular weight excluding hydrogens is 396 g/mol. The number of hydrogen-bond acceptors (Lipinski definition) is 6. The predicted molar refractivity (Wildman–Crippen MR) is 118 cm³/mol. The molecule has 1 fully saturated rings. The zero-order valence-corrected chi connectivity index (χ0v) is 17.5. The molecule has 0 radical (unpaired) electrons. The number of carbonyl (C=O) groups is 1. The number of anilines is 2. The molecule has 0 bridgehead atoms. The van der Waals surface area contributed by atoms with E-state index in [-0.39, 0.29) is 11.3 Å². The normalized spacial score (nSPS) is 14.5. The summed E-state index contributed by atoms with van der Waals surface area (Å²) in [7, 11) is 0. The Morgan fingerprint density at radius 2 is 1.97 bits per heavy atom. The van der Waals surface area contributed by atoms with Gasteiger partial charge in [-0.15, -0.1) is 0 Å². The van der Waals surface area contributed by atoms with Gasteiger partial charge in [-0.3, -0.25) is 14.9 Å². The quantitative estimate of drug-likeness (QED) is 0.494. The Hall–Kier alpha value is -3.75. The van der Waals surface area contributed by atoms with E-state index < -0.39 is 10.8 Å². The molecule has 0 saturated carbocycles. The number of carbonyl (C=O) groups excluding carboxylic acids is 1. The summed E-state index contributed by atoms with van der Waals surface area (Å²) in [5.74, 6) is 1.18. The average Bonchev–Trinajstić information content (AvgIpc) is 3.14. The Kier molecular flexibility index (Phi) is 5.66. The van der Waals surface area contributed by atoms with Gasteiger partial charge in [0.05, 0.1) is 10.6 Å². The zero-order valence-electron chi connectivity index (χ0n) is 17.5. The molecule has 0 atom stereocenters. The van der Waals surface area contributed by atoms with E-state index in [4.69, 9.17) is 0 Å². The minimum atomic E-state index is -0.445. The van der Waals surface area contributed by atoms with Crippen molar-refractivity contribution in [2.24, 2.45) is 5.92 Å². The molecule has 1 saturated heterocycles. The van der Waals surface area contributed by atoms with Gasteiger partial charge in [0.25, 0.3) is 11.6 Å². The molecule has 2 aromatic heterocycles. The van der Waals surface area contributed by atoms with Crippen LogP contribution in [0.5, 0.6) is 0 Å². The van der Waals surface area contributed by atoms with Gasteiger partial charge in [-0.2, -0.15) is 9.78 Å². The maximum atomic E-state index is 12.9. The second kappa shape index (κ2) is 8.55. The first-order chi connectivity index (χ1) is 14.9. The van der Waals surface area contributed by atoms with E-state index in [0.717, 1.165) is 25.9 Å². The van der Waals surface area contributed by atoms with Gasteiger partial charge < -0.3 is 10.2 Å². The minimum absolute atomic E-state index is 0.0587. The van der Waals surface area contributed by atoms with E-state index >= 15 is 0 Å². The first kappa shape index (κ1) is 20.5. The number of nitro groups is 1. The number of nitrogens with one attached hydrogen (secondary N) is 1. The number of aromatic nitrogens is 3. The Morgan fingerprint density at radius 1 is 1.19 bits per heavy atom. The lowest BCUT2D eigenvalue weighted by Crippen LogP contribution is -2.33.